The van der Waals surface area contributed by atoms with Gasteiger partial charge in [0, 0.05) is 24.0 Å². The van der Waals surface area contributed by atoms with Gasteiger partial charge in [-0.2, -0.15) is 0 Å². The predicted octanol–water partition coefficient (Wildman–Crippen LogP) is 2.00. The van der Waals surface area contributed by atoms with E-state index in [0.29, 0.717) is 19.6 Å². The first-order valence-corrected chi connectivity index (χ1v) is 6.16. The Morgan fingerprint density at radius 1 is 1.28 bits per heavy atom. The third-order valence-electron chi connectivity index (χ3n) is 3.20. The van der Waals surface area contributed by atoms with Crippen LogP contribution in [0.25, 0.3) is 10.9 Å². The lowest BCUT2D eigenvalue weighted by atomic mass is 10.0. The van der Waals surface area contributed by atoms with Gasteiger partial charge in [0.2, 0.25) is 0 Å². The number of ether oxygens (including phenoxy) is 2. The lowest BCUT2D eigenvalue weighted by molar-refractivity contribution is -0.0507. The van der Waals surface area contributed by atoms with E-state index in [-0.39, 0.29) is 12.3 Å². The molecule has 1 aromatic heterocycles. The lowest BCUT2D eigenvalue weighted by Crippen LogP contribution is -2.19. The molecule has 4 nitrogen and oxygen atoms in total. The van der Waals surface area contributed by atoms with Crippen LogP contribution in [0, 0.1) is 0 Å². The van der Waals surface area contributed by atoms with Crippen LogP contribution in [0.15, 0.2) is 36.5 Å². The molecule has 2 N–H and O–H groups in total. The highest BCUT2D eigenvalue weighted by molar-refractivity contribution is 5.78. The number of benzene rings is 1. The van der Waals surface area contributed by atoms with Crippen LogP contribution >= 0.6 is 0 Å². The van der Waals surface area contributed by atoms with E-state index in [1.165, 1.54) is 0 Å². The standard InChI is InChI=1S/C14H16N2O2/c15-12(9-14-17-6-7-18-14)11-4-3-10-2-1-5-16-13(10)8-11/h1-5,8,12,14H,6-7,9,15H2. The smallest absolute Gasteiger partial charge is 0.159 e. The number of pyridine rings is 1. The van der Waals surface area contributed by atoms with E-state index in [0.717, 1.165) is 16.5 Å². The first-order valence-electron chi connectivity index (χ1n) is 6.16. The van der Waals surface area contributed by atoms with Crippen molar-refractivity contribution < 1.29 is 9.47 Å². The summed E-state index contributed by atoms with van der Waals surface area (Å²) in [4.78, 5) is 4.34. The summed E-state index contributed by atoms with van der Waals surface area (Å²) in [5, 5.41) is 1.13. The molecule has 1 atom stereocenters. The molecule has 1 saturated heterocycles. The highest BCUT2D eigenvalue weighted by atomic mass is 16.7. The molecule has 94 valence electrons. The Bertz CT molecular complexity index is 538. The van der Waals surface area contributed by atoms with E-state index >= 15 is 0 Å². The van der Waals surface area contributed by atoms with Crippen LogP contribution in [0.5, 0.6) is 0 Å². The maximum Gasteiger partial charge on any atom is 0.159 e. The number of hydrogen-bond donors (Lipinski definition) is 1. The SMILES string of the molecule is NC(CC1OCCO1)c1ccc2cccnc2c1. The largest absolute Gasteiger partial charge is 0.350 e. The Balaban J connectivity index is 1.80. The Morgan fingerprint density at radius 3 is 2.94 bits per heavy atom. The van der Waals surface area contributed by atoms with Crippen LogP contribution in [-0.4, -0.2) is 24.5 Å². The van der Waals surface area contributed by atoms with E-state index in [4.69, 9.17) is 15.2 Å². The highest BCUT2D eigenvalue weighted by Gasteiger charge is 2.20. The van der Waals surface area contributed by atoms with Gasteiger partial charge in [-0.15, -0.1) is 0 Å². The number of fused-ring (bicyclic) bond motifs is 1. The van der Waals surface area contributed by atoms with Crippen LogP contribution in [0.1, 0.15) is 18.0 Å². The van der Waals surface area contributed by atoms with Crippen LogP contribution in [-0.2, 0) is 9.47 Å². The fraction of sp³-hybridized carbons (Fsp3) is 0.357. The van der Waals surface area contributed by atoms with Gasteiger partial charge in [-0.25, -0.2) is 0 Å². The molecule has 1 aliphatic heterocycles. The van der Waals surface area contributed by atoms with Crippen molar-refractivity contribution in [2.45, 2.75) is 18.8 Å². The van der Waals surface area contributed by atoms with Crippen LogP contribution in [0.3, 0.4) is 0 Å². The topological polar surface area (TPSA) is 57.4 Å². The Labute approximate surface area is 106 Å². The summed E-state index contributed by atoms with van der Waals surface area (Å²) in [5.74, 6) is 0. The van der Waals surface area contributed by atoms with Gasteiger partial charge in [0.15, 0.2) is 6.29 Å². The van der Waals surface area contributed by atoms with Crippen molar-refractivity contribution in [1.82, 2.24) is 4.98 Å². The number of rotatable bonds is 3. The van der Waals surface area contributed by atoms with Crippen LogP contribution in [0.2, 0.25) is 0 Å². The van der Waals surface area contributed by atoms with Crippen LogP contribution < -0.4 is 5.73 Å². The van der Waals surface area contributed by atoms with Crippen molar-refractivity contribution in [2.75, 3.05) is 13.2 Å². The van der Waals surface area contributed by atoms with Gasteiger partial charge >= 0.3 is 0 Å². The quantitative estimate of drug-likeness (QED) is 0.897. The third kappa shape index (κ3) is 2.36. The molecule has 4 heteroatoms. The monoisotopic (exact) mass is 244 g/mol. The molecule has 1 aromatic carbocycles. The fourth-order valence-corrected chi connectivity index (χ4v) is 2.20. The zero-order valence-corrected chi connectivity index (χ0v) is 10.1. The van der Waals surface area contributed by atoms with Gasteiger partial charge in [0.1, 0.15) is 0 Å². The van der Waals surface area contributed by atoms with Crippen LogP contribution in [0.4, 0.5) is 0 Å². The fourth-order valence-electron chi connectivity index (χ4n) is 2.20. The average molecular weight is 244 g/mol. The average Bonchev–Trinajstić information content (AvgIpc) is 2.91. The second kappa shape index (κ2) is 5.02. The molecule has 0 bridgehead atoms. The molecular formula is C14H16N2O2. The molecule has 1 unspecified atom stereocenters. The molecule has 1 aliphatic rings. The molecule has 0 aliphatic carbocycles. The summed E-state index contributed by atoms with van der Waals surface area (Å²) in [7, 11) is 0. The molecule has 0 saturated carbocycles. The molecule has 3 rings (SSSR count). The van der Waals surface area contributed by atoms with E-state index in [2.05, 4.69) is 4.98 Å². The summed E-state index contributed by atoms with van der Waals surface area (Å²) in [6.07, 6.45) is 2.30. The number of hydrogen-bond acceptors (Lipinski definition) is 4. The highest BCUT2D eigenvalue weighted by Crippen LogP contribution is 2.22. The summed E-state index contributed by atoms with van der Waals surface area (Å²) >= 11 is 0. The Kier molecular flexibility index (Phi) is 3.23. The van der Waals surface area contributed by atoms with Gasteiger partial charge in [-0.1, -0.05) is 18.2 Å². The minimum Gasteiger partial charge on any atom is -0.350 e. The minimum absolute atomic E-state index is 0.0838. The van der Waals surface area contributed by atoms with Crippen molar-refractivity contribution in [3.05, 3.63) is 42.1 Å². The molecule has 2 heterocycles. The molecule has 0 radical (unpaired) electrons. The molecular weight excluding hydrogens is 228 g/mol. The summed E-state index contributed by atoms with van der Waals surface area (Å²) in [5.41, 5.74) is 8.22. The van der Waals surface area contributed by atoms with Crippen molar-refractivity contribution in [1.29, 1.82) is 0 Å². The van der Waals surface area contributed by atoms with Gasteiger partial charge in [-0.3, -0.25) is 4.98 Å². The van der Waals surface area contributed by atoms with Gasteiger partial charge in [0.25, 0.3) is 0 Å². The van der Waals surface area contributed by atoms with Gasteiger partial charge < -0.3 is 15.2 Å². The van der Waals surface area contributed by atoms with Crippen molar-refractivity contribution >= 4 is 10.9 Å². The maximum atomic E-state index is 6.18. The predicted molar refractivity (Wildman–Crippen MR) is 69.0 cm³/mol. The zero-order valence-electron chi connectivity index (χ0n) is 10.1. The molecule has 1 fully saturated rings. The molecule has 2 aromatic rings. The zero-order chi connectivity index (χ0) is 12.4. The van der Waals surface area contributed by atoms with Gasteiger partial charge in [-0.05, 0) is 17.7 Å². The van der Waals surface area contributed by atoms with E-state index in [1.54, 1.807) is 6.20 Å². The first kappa shape index (κ1) is 11.6. The summed E-state index contributed by atoms with van der Waals surface area (Å²) in [6.45, 7) is 1.33. The number of nitrogens with two attached hydrogens (primary N) is 1. The lowest BCUT2D eigenvalue weighted by Gasteiger charge is -2.16. The molecule has 0 spiro atoms. The van der Waals surface area contributed by atoms with Crippen molar-refractivity contribution in [3.63, 3.8) is 0 Å². The number of nitrogens with zero attached hydrogens (tertiary/aromatic N) is 1. The first-order chi connectivity index (χ1) is 8.83. The van der Waals surface area contributed by atoms with E-state index in [1.807, 2.05) is 30.3 Å². The second-order valence-corrected chi connectivity index (χ2v) is 4.47. The van der Waals surface area contributed by atoms with E-state index < -0.39 is 0 Å². The van der Waals surface area contributed by atoms with Gasteiger partial charge in [0.05, 0.1) is 18.7 Å². The van der Waals surface area contributed by atoms with Crippen molar-refractivity contribution in [3.8, 4) is 0 Å². The molecule has 18 heavy (non-hydrogen) atoms. The Hall–Kier alpha value is -1.49. The second-order valence-electron chi connectivity index (χ2n) is 4.47. The molecule has 0 amide bonds. The maximum absolute atomic E-state index is 6.18. The normalized spacial score (nSPS) is 18.3. The summed E-state index contributed by atoms with van der Waals surface area (Å²) in [6, 6.07) is 10.0. The summed E-state index contributed by atoms with van der Waals surface area (Å²) < 4.78 is 10.8. The Morgan fingerprint density at radius 2 is 2.11 bits per heavy atom. The number of aromatic nitrogens is 1. The third-order valence-corrected chi connectivity index (χ3v) is 3.20. The van der Waals surface area contributed by atoms with E-state index in [9.17, 15) is 0 Å². The van der Waals surface area contributed by atoms with Crippen molar-refractivity contribution in [2.24, 2.45) is 5.73 Å². The minimum atomic E-state index is -0.167.